The average Bonchev–Trinajstić information content (AvgIpc) is 2.63. The van der Waals surface area contributed by atoms with Gasteiger partial charge in [-0.2, -0.15) is 0 Å². The second-order valence-corrected chi connectivity index (χ2v) is 6.02. The number of nitrogens with zero attached hydrogens (tertiary/aromatic N) is 2. The van der Waals surface area contributed by atoms with Gasteiger partial charge in [-0.25, -0.2) is 0 Å². The zero-order valence-corrected chi connectivity index (χ0v) is 11.7. The van der Waals surface area contributed by atoms with E-state index in [-0.39, 0.29) is 12.1 Å². The number of hydrogen-bond donors (Lipinski definition) is 0. The molecule has 0 aromatic rings. The van der Waals surface area contributed by atoms with E-state index in [1.54, 1.807) is 0 Å². The maximum Gasteiger partial charge on any atom is 0.320 e. The SMILES string of the molecule is CN1[C@H]2CC[C@H]1CC(OC(=O)CN1CCOCC1)C2. The number of fused-ring (bicyclic) bond motifs is 2. The maximum atomic E-state index is 12.0. The molecular weight excluding hydrogens is 244 g/mol. The highest BCUT2D eigenvalue weighted by Crippen LogP contribution is 2.35. The highest BCUT2D eigenvalue weighted by molar-refractivity contribution is 5.71. The molecule has 19 heavy (non-hydrogen) atoms. The number of hydrogen-bond acceptors (Lipinski definition) is 5. The predicted molar refractivity (Wildman–Crippen MR) is 70.9 cm³/mol. The number of rotatable bonds is 3. The lowest BCUT2D eigenvalue weighted by Gasteiger charge is -2.36. The van der Waals surface area contributed by atoms with Crippen molar-refractivity contribution >= 4 is 5.97 Å². The van der Waals surface area contributed by atoms with Gasteiger partial charge in [-0.15, -0.1) is 0 Å². The van der Waals surface area contributed by atoms with Crippen LogP contribution in [0.1, 0.15) is 25.7 Å². The topological polar surface area (TPSA) is 42.0 Å². The number of esters is 1. The van der Waals surface area contributed by atoms with Crippen LogP contribution in [0, 0.1) is 0 Å². The van der Waals surface area contributed by atoms with Crippen molar-refractivity contribution in [2.45, 2.75) is 43.9 Å². The van der Waals surface area contributed by atoms with Crippen LogP contribution in [0.2, 0.25) is 0 Å². The molecular formula is C14H24N2O3. The lowest BCUT2D eigenvalue weighted by Crippen LogP contribution is -2.45. The first-order chi connectivity index (χ1) is 9.22. The quantitative estimate of drug-likeness (QED) is 0.697. The summed E-state index contributed by atoms with van der Waals surface area (Å²) in [5.41, 5.74) is 0. The van der Waals surface area contributed by atoms with E-state index in [0.29, 0.717) is 18.6 Å². The molecule has 108 valence electrons. The van der Waals surface area contributed by atoms with Crippen molar-refractivity contribution in [2.75, 3.05) is 39.9 Å². The van der Waals surface area contributed by atoms with Crippen molar-refractivity contribution in [2.24, 2.45) is 0 Å². The van der Waals surface area contributed by atoms with Gasteiger partial charge in [-0.3, -0.25) is 9.69 Å². The van der Waals surface area contributed by atoms with Crippen molar-refractivity contribution in [3.63, 3.8) is 0 Å². The van der Waals surface area contributed by atoms with Gasteiger partial charge >= 0.3 is 5.97 Å². The number of ether oxygens (including phenoxy) is 2. The Balaban J connectivity index is 1.45. The van der Waals surface area contributed by atoms with E-state index in [4.69, 9.17) is 9.47 Å². The molecule has 2 bridgehead atoms. The lowest BCUT2D eigenvalue weighted by atomic mass is 10.0. The zero-order chi connectivity index (χ0) is 13.2. The van der Waals surface area contributed by atoms with Crippen molar-refractivity contribution in [1.82, 2.24) is 9.80 Å². The molecule has 3 rings (SSSR count). The van der Waals surface area contributed by atoms with Crippen LogP contribution in [-0.2, 0) is 14.3 Å². The second kappa shape index (κ2) is 5.77. The monoisotopic (exact) mass is 268 g/mol. The number of morpholine rings is 1. The molecule has 3 heterocycles. The van der Waals surface area contributed by atoms with Crippen LogP contribution in [0.5, 0.6) is 0 Å². The number of carbonyl (C=O) groups excluding carboxylic acids is 1. The Kier molecular flexibility index (Phi) is 4.05. The number of piperidine rings is 1. The predicted octanol–water partition coefficient (Wildman–Crippen LogP) is 0.487. The summed E-state index contributed by atoms with van der Waals surface area (Å²) in [5.74, 6) is -0.0594. The summed E-state index contributed by atoms with van der Waals surface area (Å²) in [5, 5.41) is 0. The van der Waals surface area contributed by atoms with Crippen LogP contribution >= 0.6 is 0 Å². The standard InChI is InChI=1S/C14H24N2O3/c1-15-11-2-3-12(15)9-13(8-11)19-14(17)10-16-4-6-18-7-5-16/h11-13H,2-10H2,1H3/t11-,12-/m0/s1. The Hall–Kier alpha value is -0.650. The molecule has 0 unspecified atom stereocenters. The van der Waals surface area contributed by atoms with Gasteiger partial charge in [0.25, 0.3) is 0 Å². The van der Waals surface area contributed by atoms with Crippen molar-refractivity contribution in [3.05, 3.63) is 0 Å². The molecule has 3 aliphatic rings. The van der Waals surface area contributed by atoms with Crippen molar-refractivity contribution in [3.8, 4) is 0 Å². The Labute approximate surface area is 114 Å². The Morgan fingerprint density at radius 3 is 2.47 bits per heavy atom. The summed E-state index contributed by atoms with van der Waals surface area (Å²) in [6.07, 6.45) is 4.70. The summed E-state index contributed by atoms with van der Waals surface area (Å²) in [6, 6.07) is 1.25. The third-order valence-corrected chi connectivity index (χ3v) is 4.81. The molecule has 3 aliphatic heterocycles. The Morgan fingerprint density at radius 2 is 1.84 bits per heavy atom. The fraction of sp³-hybridized carbons (Fsp3) is 0.929. The van der Waals surface area contributed by atoms with E-state index in [0.717, 1.165) is 39.1 Å². The molecule has 2 atom stereocenters. The van der Waals surface area contributed by atoms with Gasteiger partial charge in [0.2, 0.25) is 0 Å². The van der Waals surface area contributed by atoms with Crippen LogP contribution in [0.25, 0.3) is 0 Å². The maximum absolute atomic E-state index is 12.0. The van der Waals surface area contributed by atoms with E-state index >= 15 is 0 Å². The molecule has 3 fully saturated rings. The Morgan fingerprint density at radius 1 is 1.21 bits per heavy atom. The van der Waals surface area contributed by atoms with E-state index in [9.17, 15) is 4.79 Å². The van der Waals surface area contributed by atoms with Crippen LogP contribution in [0.15, 0.2) is 0 Å². The third kappa shape index (κ3) is 3.09. The molecule has 0 radical (unpaired) electrons. The number of carbonyl (C=O) groups is 1. The zero-order valence-electron chi connectivity index (χ0n) is 11.7. The molecule has 0 saturated carbocycles. The molecule has 0 amide bonds. The first kappa shape index (κ1) is 13.3. The smallest absolute Gasteiger partial charge is 0.320 e. The van der Waals surface area contributed by atoms with Gasteiger partial charge in [0.1, 0.15) is 6.10 Å². The van der Waals surface area contributed by atoms with Gasteiger partial charge in [-0.05, 0) is 32.7 Å². The first-order valence-electron chi connectivity index (χ1n) is 7.44. The molecule has 0 N–H and O–H groups in total. The largest absolute Gasteiger partial charge is 0.461 e. The van der Waals surface area contributed by atoms with E-state index < -0.39 is 0 Å². The van der Waals surface area contributed by atoms with Crippen LogP contribution in [0.3, 0.4) is 0 Å². The average molecular weight is 268 g/mol. The minimum Gasteiger partial charge on any atom is -0.461 e. The summed E-state index contributed by atoms with van der Waals surface area (Å²) in [7, 11) is 2.20. The molecule has 0 aromatic heterocycles. The first-order valence-corrected chi connectivity index (χ1v) is 7.44. The Bertz CT molecular complexity index is 317. The van der Waals surface area contributed by atoms with Gasteiger partial charge in [0.05, 0.1) is 19.8 Å². The third-order valence-electron chi connectivity index (χ3n) is 4.81. The molecule has 0 aliphatic carbocycles. The van der Waals surface area contributed by atoms with Crippen LogP contribution < -0.4 is 0 Å². The normalized spacial score (nSPS) is 36.4. The summed E-state index contributed by atoms with van der Waals surface area (Å²) in [4.78, 5) is 16.6. The summed E-state index contributed by atoms with van der Waals surface area (Å²) in [6.45, 7) is 3.56. The van der Waals surface area contributed by atoms with Gasteiger partial charge in [0, 0.05) is 25.2 Å². The van der Waals surface area contributed by atoms with E-state index in [1.165, 1.54) is 12.8 Å². The molecule has 5 heteroatoms. The molecule has 3 saturated heterocycles. The van der Waals surface area contributed by atoms with E-state index in [2.05, 4.69) is 16.8 Å². The van der Waals surface area contributed by atoms with E-state index in [1.807, 2.05) is 0 Å². The highest BCUT2D eigenvalue weighted by Gasteiger charge is 2.39. The van der Waals surface area contributed by atoms with Crippen molar-refractivity contribution < 1.29 is 14.3 Å². The van der Waals surface area contributed by atoms with Crippen molar-refractivity contribution in [1.29, 1.82) is 0 Å². The fourth-order valence-electron chi connectivity index (χ4n) is 3.62. The van der Waals surface area contributed by atoms with Gasteiger partial charge in [0.15, 0.2) is 0 Å². The van der Waals surface area contributed by atoms with Gasteiger partial charge in [-0.1, -0.05) is 0 Å². The minimum absolute atomic E-state index is 0.0594. The lowest BCUT2D eigenvalue weighted by molar-refractivity contribution is -0.154. The summed E-state index contributed by atoms with van der Waals surface area (Å²) >= 11 is 0. The fourth-order valence-corrected chi connectivity index (χ4v) is 3.62. The van der Waals surface area contributed by atoms with Crippen LogP contribution in [-0.4, -0.2) is 73.9 Å². The van der Waals surface area contributed by atoms with Gasteiger partial charge < -0.3 is 14.4 Å². The molecule has 0 spiro atoms. The minimum atomic E-state index is -0.0594. The molecule has 5 nitrogen and oxygen atoms in total. The second-order valence-electron chi connectivity index (χ2n) is 6.02. The molecule has 0 aromatic carbocycles. The highest BCUT2D eigenvalue weighted by atomic mass is 16.5. The summed E-state index contributed by atoms with van der Waals surface area (Å²) < 4.78 is 11.0. The van der Waals surface area contributed by atoms with Crippen LogP contribution in [0.4, 0.5) is 0 Å².